The second-order valence-electron chi connectivity index (χ2n) is 4.60. The molecule has 108 valence electrons. The largest absolute Gasteiger partial charge is 0.351 e. The van der Waals surface area contributed by atoms with E-state index in [1.807, 2.05) is 24.3 Å². The molecule has 2 aromatic heterocycles. The van der Waals surface area contributed by atoms with Crippen molar-refractivity contribution in [2.45, 2.75) is 6.54 Å². The van der Waals surface area contributed by atoms with Crippen molar-refractivity contribution in [1.82, 2.24) is 19.6 Å². The van der Waals surface area contributed by atoms with Gasteiger partial charge in [0, 0.05) is 24.5 Å². The van der Waals surface area contributed by atoms with Crippen LogP contribution in [-0.2, 0) is 6.54 Å². The van der Waals surface area contributed by atoms with Crippen LogP contribution in [0.3, 0.4) is 0 Å². The molecule has 0 atom stereocenters. The van der Waals surface area contributed by atoms with Gasteiger partial charge in [0.25, 0.3) is 0 Å². The maximum Gasteiger partial charge on any atom is 0.348 e. The zero-order valence-corrected chi connectivity index (χ0v) is 12.8. The Hall–Kier alpha value is -2.15. The summed E-state index contributed by atoms with van der Waals surface area (Å²) in [5, 5.41) is 7.22. The summed E-state index contributed by atoms with van der Waals surface area (Å²) < 4.78 is 1.39. The summed E-state index contributed by atoms with van der Waals surface area (Å²) in [5.41, 5.74) is 1.50. The zero-order chi connectivity index (χ0) is 14.7. The van der Waals surface area contributed by atoms with Crippen LogP contribution in [0.4, 0.5) is 5.82 Å². The van der Waals surface area contributed by atoms with Gasteiger partial charge in [0.1, 0.15) is 12.1 Å². The Balaban J connectivity index is 1.92. The molecule has 3 rings (SSSR count). The van der Waals surface area contributed by atoms with E-state index in [9.17, 15) is 4.79 Å². The molecule has 2 heterocycles. The van der Waals surface area contributed by atoms with Crippen LogP contribution < -0.4 is 10.6 Å². The lowest BCUT2D eigenvalue weighted by Gasteiger charge is -2.22. The smallest absolute Gasteiger partial charge is 0.348 e. The first kappa shape index (κ1) is 13.8. The monoisotopic (exact) mass is 347 g/mol. The van der Waals surface area contributed by atoms with Crippen LogP contribution in [0.2, 0.25) is 0 Å². The highest BCUT2D eigenvalue weighted by atomic mass is 79.9. The number of halogens is 1. The minimum absolute atomic E-state index is 0.279. The van der Waals surface area contributed by atoms with Crippen molar-refractivity contribution in [2.75, 3.05) is 16.8 Å². The minimum Gasteiger partial charge on any atom is -0.351 e. The predicted molar refractivity (Wildman–Crippen MR) is 84.9 cm³/mol. The Morgan fingerprint density at radius 1 is 1.29 bits per heavy atom. The maximum absolute atomic E-state index is 11.5. The van der Waals surface area contributed by atoms with E-state index in [0.717, 1.165) is 24.2 Å². The summed E-state index contributed by atoms with van der Waals surface area (Å²) in [5.74, 6) is 0.796. The first-order valence-corrected chi connectivity index (χ1v) is 7.67. The Morgan fingerprint density at radius 2 is 2.10 bits per heavy atom. The van der Waals surface area contributed by atoms with E-state index in [0.29, 0.717) is 5.65 Å². The molecule has 1 N–H and O–H groups in total. The van der Waals surface area contributed by atoms with Crippen molar-refractivity contribution in [3.05, 3.63) is 58.8 Å². The van der Waals surface area contributed by atoms with Crippen LogP contribution in [0.1, 0.15) is 5.56 Å². The van der Waals surface area contributed by atoms with Crippen molar-refractivity contribution in [1.29, 1.82) is 0 Å². The van der Waals surface area contributed by atoms with Crippen LogP contribution in [0.25, 0.3) is 5.65 Å². The molecular formula is C14H14BrN5O. The van der Waals surface area contributed by atoms with Crippen molar-refractivity contribution in [3.63, 3.8) is 0 Å². The Kier molecular flexibility index (Phi) is 4.01. The molecule has 0 radical (unpaired) electrons. The van der Waals surface area contributed by atoms with Gasteiger partial charge in [0.2, 0.25) is 0 Å². The molecule has 0 spiro atoms. The second-order valence-corrected chi connectivity index (χ2v) is 5.39. The Morgan fingerprint density at radius 3 is 2.86 bits per heavy atom. The van der Waals surface area contributed by atoms with Crippen molar-refractivity contribution in [3.8, 4) is 0 Å². The summed E-state index contributed by atoms with van der Waals surface area (Å²) in [6.45, 7) is 1.57. The van der Waals surface area contributed by atoms with Gasteiger partial charge < -0.3 is 4.90 Å². The summed E-state index contributed by atoms with van der Waals surface area (Å²) in [4.78, 5) is 18.0. The van der Waals surface area contributed by atoms with E-state index in [-0.39, 0.29) is 5.69 Å². The molecular weight excluding hydrogens is 334 g/mol. The molecule has 0 bridgehead atoms. The van der Waals surface area contributed by atoms with Gasteiger partial charge in [-0.3, -0.25) is 0 Å². The van der Waals surface area contributed by atoms with E-state index >= 15 is 0 Å². The highest BCUT2D eigenvalue weighted by molar-refractivity contribution is 9.09. The fourth-order valence-electron chi connectivity index (χ4n) is 2.15. The predicted octanol–water partition coefficient (Wildman–Crippen LogP) is 1.82. The number of alkyl halides is 1. The highest BCUT2D eigenvalue weighted by Crippen LogP contribution is 2.15. The second kappa shape index (κ2) is 6.09. The number of aromatic nitrogens is 4. The van der Waals surface area contributed by atoms with Crippen molar-refractivity contribution < 1.29 is 0 Å². The van der Waals surface area contributed by atoms with Gasteiger partial charge in [-0.2, -0.15) is 5.10 Å². The third kappa shape index (κ3) is 2.97. The van der Waals surface area contributed by atoms with Crippen LogP contribution in [0, 0.1) is 0 Å². The lowest BCUT2D eigenvalue weighted by molar-refractivity contribution is 0.815. The van der Waals surface area contributed by atoms with Gasteiger partial charge in [-0.25, -0.2) is 19.3 Å². The standard InChI is InChI=1S/C14H14BrN5O/c15-6-7-19(9-11-4-2-1-3-5-11)12-8-13-17-18-14(21)20(13)10-16-12/h1-5,8,10H,6-7,9H2,(H,18,21). The molecule has 0 aliphatic carbocycles. The van der Waals surface area contributed by atoms with Gasteiger partial charge in [-0.15, -0.1) is 0 Å². The fourth-order valence-corrected chi connectivity index (χ4v) is 2.58. The molecule has 6 nitrogen and oxygen atoms in total. The normalized spacial score (nSPS) is 10.9. The summed E-state index contributed by atoms with van der Waals surface area (Å²) in [7, 11) is 0. The maximum atomic E-state index is 11.5. The molecule has 0 amide bonds. The van der Waals surface area contributed by atoms with Gasteiger partial charge in [-0.1, -0.05) is 46.3 Å². The van der Waals surface area contributed by atoms with E-state index in [2.05, 4.69) is 48.1 Å². The minimum atomic E-state index is -0.279. The number of hydrogen-bond acceptors (Lipinski definition) is 4. The van der Waals surface area contributed by atoms with E-state index in [1.54, 1.807) is 0 Å². The fraction of sp³-hybridized carbons (Fsp3) is 0.214. The number of fused-ring (bicyclic) bond motifs is 1. The number of nitrogens with one attached hydrogen (secondary N) is 1. The van der Waals surface area contributed by atoms with Gasteiger partial charge >= 0.3 is 5.69 Å². The number of anilines is 1. The number of H-pyrrole nitrogens is 1. The van der Waals surface area contributed by atoms with Gasteiger partial charge in [-0.05, 0) is 5.56 Å². The third-order valence-corrected chi connectivity index (χ3v) is 3.54. The Bertz CT molecular complexity index is 783. The lowest BCUT2D eigenvalue weighted by atomic mass is 10.2. The third-order valence-electron chi connectivity index (χ3n) is 3.19. The van der Waals surface area contributed by atoms with E-state index in [1.165, 1.54) is 16.3 Å². The molecule has 21 heavy (non-hydrogen) atoms. The molecule has 0 aliphatic rings. The van der Waals surface area contributed by atoms with Crippen molar-refractivity contribution in [2.24, 2.45) is 0 Å². The highest BCUT2D eigenvalue weighted by Gasteiger charge is 2.10. The van der Waals surface area contributed by atoms with Crippen LogP contribution in [-0.4, -0.2) is 31.5 Å². The summed E-state index contributed by atoms with van der Waals surface area (Å²) in [6, 6.07) is 12.0. The Labute approximate surface area is 129 Å². The number of aromatic amines is 1. The lowest BCUT2D eigenvalue weighted by Crippen LogP contribution is -2.26. The first-order chi connectivity index (χ1) is 10.3. The zero-order valence-electron chi connectivity index (χ0n) is 11.2. The molecule has 0 unspecified atom stereocenters. The average Bonchev–Trinajstić information content (AvgIpc) is 2.89. The molecule has 0 aliphatic heterocycles. The van der Waals surface area contributed by atoms with Crippen LogP contribution >= 0.6 is 15.9 Å². The first-order valence-electron chi connectivity index (χ1n) is 6.55. The summed E-state index contributed by atoms with van der Waals surface area (Å²) >= 11 is 3.47. The number of nitrogens with zero attached hydrogens (tertiary/aromatic N) is 4. The number of rotatable bonds is 5. The molecule has 0 fully saturated rings. The van der Waals surface area contributed by atoms with Crippen LogP contribution in [0.5, 0.6) is 0 Å². The van der Waals surface area contributed by atoms with E-state index in [4.69, 9.17) is 0 Å². The van der Waals surface area contributed by atoms with Gasteiger partial charge in [0.05, 0.1) is 0 Å². The molecule has 1 aromatic carbocycles. The van der Waals surface area contributed by atoms with Crippen molar-refractivity contribution >= 4 is 27.4 Å². The average molecular weight is 348 g/mol. The quantitative estimate of drug-likeness (QED) is 0.715. The van der Waals surface area contributed by atoms with Gasteiger partial charge in [0.15, 0.2) is 5.65 Å². The van der Waals surface area contributed by atoms with Crippen LogP contribution in [0.15, 0.2) is 47.5 Å². The number of hydrogen-bond donors (Lipinski definition) is 1. The number of benzene rings is 1. The summed E-state index contributed by atoms with van der Waals surface area (Å²) in [6.07, 6.45) is 1.50. The topological polar surface area (TPSA) is 66.3 Å². The molecule has 0 saturated carbocycles. The molecule has 0 saturated heterocycles. The molecule has 3 aromatic rings. The van der Waals surface area contributed by atoms with E-state index < -0.39 is 0 Å². The SMILES string of the molecule is O=c1[nH]nc2cc(N(CCBr)Cc3ccccc3)ncn12. The molecule has 7 heteroatoms.